The summed E-state index contributed by atoms with van der Waals surface area (Å²) >= 11 is 0. The summed E-state index contributed by atoms with van der Waals surface area (Å²) in [6, 6.07) is 7.12. The number of rotatable bonds is 6. The normalized spacial score (nSPS) is 17.3. The predicted octanol–water partition coefficient (Wildman–Crippen LogP) is 2.00. The van der Waals surface area contributed by atoms with Crippen LogP contribution in [0, 0.1) is 12.0 Å². The summed E-state index contributed by atoms with van der Waals surface area (Å²) in [6.45, 7) is 5.64. The number of hydrogen-bond donors (Lipinski definition) is 5. The first kappa shape index (κ1) is 27.5. The largest absolute Gasteiger partial charge is 0.509 e. The second-order valence-corrected chi connectivity index (χ2v) is 6.31. The van der Waals surface area contributed by atoms with E-state index >= 15 is 0 Å². The molecule has 1 aliphatic heterocycles. The lowest BCUT2D eigenvalue weighted by Gasteiger charge is -2.09. The number of ether oxygens (including phenoxy) is 1. The van der Waals surface area contributed by atoms with Crippen LogP contribution in [0.4, 0.5) is 0 Å². The van der Waals surface area contributed by atoms with Crippen molar-refractivity contribution in [2.24, 2.45) is 5.73 Å². The van der Waals surface area contributed by atoms with E-state index in [1.165, 1.54) is 6.08 Å². The first-order valence-electron chi connectivity index (χ1n) is 9.36. The monoisotopic (exact) mass is 431 g/mol. The van der Waals surface area contributed by atoms with Crippen LogP contribution < -0.4 is 5.73 Å². The van der Waals surface area contributed by atoms with E-state index in [9.17, 15) is 9.90 Å². The summed E-state index contributed by atoms with van der Waals surface area (Å²) in [5, 5.41) is 35.0. The van der Waals surface area contributed by atoms with Crippen LogP contribution in [-0.2, 0) is 27.2 Å². The van der Waals surface area contributed by atoms with Crippen molar-refractivity contribution >= 4 is 12.4 Å². The van der Waals surface area contributed by atoms with E-state index in [-0.39, 0.29) is 30.8 Å². The third kappa shape index (κ3) is 13.3. The Morgan fingerprint density at radius 2 is 1.84 bits per heavy atom. The zero-order valence-electron chi connectivity index (χ0n) is 17.4. The lowest BCUT2D eigenvalue weighted by Crippen LogP contribution is -2.08. The van der Waals surface area contributed by atoms with E-state index in [2.05, 4.69) is 18.2 Å². The first-order chi connectivity index (χ1) is 14.8. The molecule has 2 unspecified atom stereocenters. The highest BCUT2D eigenvalue weighted by Gasteiger charge is 2.25. The molecule has 0 spiro atoms. The van der Waals surface area contributed by atoms with Crippen molar-refractivity contribution in [3.63, 3.8) is 0 Å². The van der Waals surface area contributed by atoms with Crippen molar-refractivity contribution in [3.8, 4) is 12.0 Å². The van der Waals surface area contributed by atoms with Crippen LogP contribution in [0.1, 0.15) is 24.5 Å². The molecule has 1 fully saturated rings. The Kier molecular flexibility index (Phi) is 14.4. The van der Waals surface area contributed by atoms with Crippen LogP contribution in [0.3, 0.4) is 0 Å². The fourth-order valence-corrected chi connectivity index (χ4v) is 2.52. The van der Waals surface area contributed by atoms with Crippen LogP contribution in [0.25, 0.3) is 0 Å². The highest BCUT2D eigenvalue weighted by Crippen LogP contribution is 2.21. The fraction of sp³-hybridized carbons (Fsp3) is 0.304. The Morgan fingerprint density at radius 1 is 1.26 bits per heavy atom. The molecule has 1 heterocycles. The Bertz CT molecular complexity index is 817. The predicted molar refractivity (Wildman–Crippen MR) is 116 cm³/mol. The molecule has 0 saturated carbocycles. The number of aliphatic hydroxyl groups is 3. The number of amides is 1. The molecular formula is C23H29NO7. The molecule has 6 N–H and O–H groups in total. The molecule has 1 aromatic rings. The molecule has 1 aliphatic rings. The van der Waals surface area contributed by atoms with Gasteiger partial charge in [0.2, 0.25) is 6.41 Å². The van der Waals surface area contributed by atoms with Gasteiger partial charge in [0.05, 0.1) is 25.2 Å². The summed E-state index contributed by atoms with van der Waals surface area (Å²) < 4.78 is 5.37. The Morgan fingerprint density at radius 3 is 2.26 bits per heavy atom. The fourth-order valence-electron chi connectivity index (χ4n) is 2.52. The Balaban J connectivity index is 0.000000516. The second-order valence-electron chi connectivity index (χ2n) is 6.31. The third-order valence-electron chi connectivity index (χ3n) is 3.90. The van der Waals surface area contributed by atoms with Gasteiger partial charge in [0.1, 0.15) is 11.9 Å². The van der Waals surface area contributed by atoms with Crippen LogP contribution >= 0.6 is 0 Å². The molecule has 0 aromatic heterocycles. The van der Waals surface area contributed by atoms with Gasteiger partial charge in [-0.2, -0.15) is 0 Å². The standard InChI is InChI=1S/C11H16O3.C11H10O3.CH3NO/c1-3-9(5-4-8(2)12)11-6-10(13)7-14-11;12-7-1-2-9-3-5-10(6-4-9)8-11(13)14;2-1-3/h3-5,10-13H,2,6-7H2,1H3;3-6,12H,2,8H2,(H,13,14);1H,(H2,2,3)/b5-4-,9-3+;;. The topological polar surface area (TPSA) is 150 Å². The Hall–Kier alpha value is -3.54. The summed E-state index contributed by atoms with van der Waals surface area (Å²) in [4.78, 5) is 19.0. The maximum absolute atomic E-state index is 10.4. The van der Waals surface area contributed by atoms with Crippen LogP contribution in [0.5, 0.6) is 0 Å². The lowest BCUT2D eigenvalue weighted by atomic mass is 10.1. The average Bonchev–Trinajstić information content (AvgIpc) is 3.14. The van der Waals surface area contributed by atoms with Crippen molar-refractivity contribution in [3.05, 3.63) is 71.5 Å². The van der Waals surface area contributed by atoms with Crippen molar-refractivity contribution in [1.29, 1.82) is 0 Å². The van der Waals surface area contributed by atoms with Gasteiger partial charge < -0.3 is 30.9 Å². The quantitative estimate of drug-likeness (QED) is 0.200. The van der Waals surface area contributed by atoms with Crippen molar-refractivity contribution in [2.45, 2.75) is 38.4 Å². The molecule has 1 saturated heterocycles. The number of allylic oxidation sites excluding steroid dienone is 2. The molecule has 8 nitrogen and oxygen atoms in total. The highest BCUT2D eigenvalue weighted by atomic mass is 16.5. The molecule has 0 bridgehead atoms. The third-order valence-corrected chi connectivity index (χ3v) is 3.90. The molecule has 2 rings (SSSR count). The molecule has 0 radical (unpaired) electrons. The number of carboxylic acids is 1. The average molecular weight is 431 g/mol. The van der Waals surface area contributed by atoms with E-state index in [1.807, 2.05) is 31.2 Å². The number of carbonyl (C=O) groups excluding carboxylic acids is 1. The van der Waals surface area contributed by atoms with Gasteiger partial charge in [0, 0.05) is 12.8 Å². The molecule has 31 heavy (non-hydrogen) atoms. The minimum atomic E-state index is -0.840. The van der Waals surface area contributed by atoms with E-state index in [1.54, 1.807) is 18.2 Å². The maximum atomic E-state index is 10.4. The van der Waals surface area contributed by atoms with E-state index in [0.29, 0.717) is 19.4 Å². The first-order valence-corrected chi connectivity index (χ1v) is 9.36. The number of primary amides is 1. The van der Waals surface area contributed by atoms with Gasteiger partial charge in [-0.15, -0.1) is 0 Å². The number of hydrogen-bond acceptors (Lipinski definition) is 6. The number of aliphatic carboxylic acids is 1. The van der Waals surface area contributed by atoms with Gasteiger partial charge in [-0.1, -0.05) is 48.9 Å². The van der Waals surface area contributed by atoms with E-state index in [4.69, 9.17) is 24.9 Å². The van der Waals surface area contributed by atoms with Gasteiger partial charge >= 0.3 is 5.97 Å². The molecule has 8 heteroatoms. The van der Waals surface area contributed by atoms with Gasteiger partial charge in [-0.05, 0) is 29.7 Å². The zero-order chi connectivity index (χ0) is 23.6. The van der Waals surface area contributed by atoms with Crippen molar-refractivity contribution in [2.75, 3.05) is 6.61 Å². The minimum Gasteiger partial charge on any atom is -0.509 e. The number of carboxylic acid groups (broad SMARTS) is 1. The minimum absolute atomic E-state index is 0.0166. The van der Waals surface area contributed by atoms with Crippen LogP contribution in [0.2, 0.25) is 0 Å². The summed E-state index contributed by atoms with van der Waals surface area (Å²) in [5.41, 5.74) is 6.84. The van der Waals surface area contributed by atoms with E-state index < -0.39 is 5.97 Å². The van der Waals surface area contributed by atoms with Crippen molar-refractivity contribution in [1.82, 2.24) is 0 Å². The van der Waals surface area contributed by atoms with Crippen LogP contribution in [0.15, 0.2) is 60.4 Å². The molecule has 1 aromatic carbocycles. The van der Waals surface area contributed by atoms with Gasteiger partial charge in [0.25, 0.3) is 0 Å². The summed E-state index contributed by atoms with van der Waals surface area (Å²) in [5.74, 6) is 1.69. The maximum Gasteiger partial charge on any atom is 0.307 e. The van der Waals surface area contributed by atoms with Gasteiger partial charge in [0.15, 0.2) is 0 Å². The molecule has 1 amide bonds. The number of benzene rings is 1. The second kappa shape index (κ2) is 16.3. The van der Waals surface area contributed by atoms with Crippen molar-refractivity contribution < 1.29 is 34.8 Å². The Labute approximate surface area is 182 Å². The van der Waals surface area contributed by atoms with Gasteiger partial charge in [-0.3, -0.25) is 9.59 Å². The molecule has 0 aliphatic carbocycles. The molecular weight excluding hydrogens is 402 g/mol. The summed E-state index contributed by atoms with van der Waals surface area (Å²) in [6.07, 6.45) is 7.93. The highest BCUT2D eigenvalue weighted by molar-refractivity contribution is 5.70. The zero-order valence-corrected chi connectivity index (χ0v) is 17.4. The van der Waals surface area contributed by atoms with Gasteiger partial charge in [-0.25, -0.2) is 0 Å². The number of nitrogens with two attached hydrogens (primary N) is 1. The lowest BCUT2D eigenvalue weighted by molar-refractivity contribution is -0.136. The smallest absolute Gasteiger partial charge is 0.307 e. The molecule has 168 valence electrons. The SMILES string of the molecule is C=C(O)/C=C\C(=C/C)C1CC(O)CO1.NC=O.O=C(O)Cc1ccc(CC#CO)cc1. The number of aliphatic hydroxyl groups excluding tert-OH is 3. The molecule has 2 atom stereocenters. The number of carbonyl (C=O) groups is 2. The summed E-state index contributed by atoms with van der Waals surface area (Å²) in [7, 11) is 0. The van der Waals surface area contributed by atoms with E-state index in [0.717, 1.165) is 16.7 Å². The van der Waals surface area contributed by atoms with Crippen LogP contribution in [-0.4, -0.2) is 51.6 Å².